The minimum atomic E-state index is -0.237. The van der Waals surface area contributed by atoms with Gasteiger partial charge in [-0.1, -0.05) is 69.8 Å². The molecule has 2 atom stereocenters. The number of Topliss-reactive ketones (excluding diaryl/α,β-unsaturated/α-hetero) is 1. The van der Waals surface area contributed by atoms with Crippen LogP contribution in [-0.4, -0.2) is 26.3 Å². The number of benzene rings is 1. The van der Waals surface area contributed by atoms with Gasteiger partial charge in [0.1, 0.15) is 5.78 Å². The fourth-order valence-corrected chi connectivity index (χ4v) is 4.64. The number of rotatable bonds is 4. The first kappa shape index (κ1) is 18.3. The predicted molar refractivity (Wildman–Crippen MR) is 109 cm³/mol. The van der Waals surface area contributed by atoms with Gasteiger partial charge < -0.3 is 5.32 Å². The second kappa shape index (κ2) is 6.82. The number of hydrogen-bond acceptors (Lipinski definition) is 5. The Labute approximate surface area is 164 Å². The molecule has 1 aliphatic carbocycles. The molecule has 0 radical (unpaired) electrons. The number of carbonyl (C=O) groups is 1. The molecule has 6 heteroatoms. The highest BCUT2D eigenvalue weighted by Gasteiger charge is 2.45. The van der Waals surface area contributed by atoms with Gasteiger partial charge >= 0.3 is 0 Å². The quantitative estimate of drug-likeness (QED) is 0.791. The second-order valence-corrected chi connectivity index (χ2v) is 9.20. The van der Waals surface area contributed by atoms with E-state index in [1.807, 2.05) is 4.68 Å². The highest BCUT2D eigenvalue weighted by molar-refractivity contribution is 7.99. The van der Waals surface area contributed by atoms with Crippen LogP contribution in [0, 0.1) is 11.3 Å². The van der Waals surface area contributed by atoms with Gasteiger partial charge in [0.15, 0.2) is 0 Å². The van der Waals surface area contributed by atoms with Crippen LogP contribution < -0.4 is 5.32 Å². The smallest absolute Gasteiger partial charge is 0.227 e. The molecule has 0 saturated heterocycles. The molecule has 0 spiro atoms. The number of anilines is 1. The number of fused-ring (bicyclic) bond motifs is 2. The first-order valence-corrected chi connectivity index (χ1v) is 10.6. The molecule has 0 fully saturated rings. The fourth-order valence-electron chi connectivity index (χ4n) is 4.08. The minimum absolute atomic E-state index is 0.143. The Bertz CT molecular complexity index is 897. The summed E-state index contributed by atoms with van der Waals surface area (Å²) in [6, 6.07) is 8.42. The molecular weight excluding hydrogens is 356 g/mol. The SMILES string of the molecule is CCSc1nc2n(n1)[C@H](c1ccc(CC)cc1)[C@H]1C(=O)CC(C)(C)C=C1N2. The van der Waals surface area contributed by atoms with E-state index in [2.05, 4.69) is 68.3 Å². The van der Waals surface area contributed by atoms with Crippen molar-refractivity contribution >= 4 is 23.5 Å². The second-order valence-electron chi connectivity index (χ2n) is 7.97. The van der Waals surface area contributed by atoms with Crippen molar-refractivity contribution in [1.29, 1.82) is 0 Å². The number of nitrogens with one attached hydrogen (secondary N) is 1. The normalized spacial score (nSPS) is 23.3. The molecular formula is C21H26N4OS. The summed E-state index contributed by atoms with van der Waals surface area (Å²) in [5.41, 5.74) is 3.22. The lowest BCUT2D eigenvalue weighted by atomic mass is 9.72. The summed E-state index contributed by atoms with van der Waals surface area (Å²) in [6.07, 6.45) is 3.75. The third kappa shape index (κ3) is 3.31. The van der Waals surface area contributed by atoms with Crippen molar-refractivity contribution < 1.29 is 4.79 Å². The number of ketones is 1. The zero-order chi connectivity index (χ0) is 19.2. The van der Waals surface area contributed by atoms with E-state index in [0.29, 0.717) is 6.42 Å². The summed E-state index contributed by atoms with van der Waals surface area (Å²) >= 11 is 1.62. The Morgan fingerprint density at radius 3 is 2.67 bits per heavy atom. The fraction of sp³-hybridized carbons (Fsp3) is 0.476. The minimum Gasteiger partial charge on any atom is -0.328 e. The van der Waals surface area contributed by atoms with Crippen molar-refractivity contribution in [2.24, 2.45) is 11.3 Å². The molecule has 27 heavy (non-hydrogen) atoms. The maximum Gasteiger partial charge on any atom is 0.227 e. The zero-order valence-electron chi connectivity index (χ0n) is 16.3. The summed E-state index contributed by atoms with van der Waals surface area (Å²) in [7, 11) is 0. The van der Waals surface area contributed by atoms with E-state index >= 15 is 0 Å². The zero-order valence-corrected chi connectivity index (χ0v) is 17.1. The Morgan fingerprint density at radius 2 is 2.00 bits per heavy atom. The Kier molecular flexibility index (Phi) is 4.62. The molecule has 2 heterocycles. The summed E-state index contributed by atoms with van der Waals surface area (Å²) in [5, 5.41) is 8.88. The van der Waals surface area contributed by atoms with Crippen LogP contribution in [0.25, 0.3) is 0 Å². The molecule has 0 bridgehead atoms. The molecule has 0 unspecified atom stereocenters. The number of thioether (sulfide) groups is 1. The topological polar surface area (TPSA) is 59.8 Å². The van der Waals surface area contributed by atoms with Crippen LogP contribution in [0.3, 0.4) is 0 Å². The van der Waals surface area contributed by atoms with E-state index in [4.69, 9.17) is 5.10 Å². The van der Waals surface area contributed by atoms with Gasteiger partial charge in [-0.15, -0.1) is 5.10 Å². The third-order valence-corrected chi connectivity index (χ3v) is 6.03. The lowest BCUT2D eigenvalue weighted by Crippen LogP contribution is -2.42. The average Bonchev–Trinajstić information content (AvgIpc) is 3.01. The van der Waals surface area contributed by atoms with E-state index in [9.17, 15) is 4.79 Å². The maximum atomic E-state index is 13.1. The molecule has 0 amide bonds. The molecule has 4 rings (SSSR count). The summed E-state index contributed by atoms with van der Waals surface area (Å²) in [4.78, 5) is 17.8. The molecule has 1 aromatic carbocycles. The molecule has 2 aliphatic rings. The molecule has 5 nitrogen and oxygen atoms in total. The Balaban J connectivity index is 1.86. The number of hydrogen-bond donors (Lipinski definition) is 1. The van der Waals surface area contributed by atoms with Crippen LogP contribution >= 0.6 is 11.8 Å². The number of carbonyl (C=O) groups excluding carboxylic acids is 1. The maximum absolute atomic E-state index is 13.1. The highest BCUT2D eigenvalue weighted by Crippen LogP contribution is 2.45. The van der Waals surface area contributed by atoms with E-state index in [1.54, 1.807) is 11.8 Å². The molecule has 142 valence electrons. The van der Waals surface area contributed by atoms with Gasteiger partial charge in [0.05, 0.1) is 12.0 Å². The van der Waals surface area contributed by atoms with Crippen molar-refractivity contribution in [3.8, 4) is 0 Å². The van der Waals surface area contributed by atoms with Gasteiger partial charge in [-0.25, -0.2) is 4.68 Å². The van der Waals surface area contributed by atoms with Crippen molar-refractivity contribution in [3.05, 3.63) is 47.2 Å². The number of aryl methyl sites for hydroxylation is 1. The van der Waals surface area contributed by atoms with Crippen molar-refractivity contribution in [2.75, 3.05) is 11.1 Å². The van der Waals surface area contributed by atoms with Crippen LogP contribution in [0.5, 0.6) is 0 Å². The molecule has 1 aromatic heterocycles. The summed E-state index contributed by atoms with van der Waals surface area (Å²) in [6.45, 7) is 8.46. The van der Waals surface area contributed by atoms with Crippen LogP contribution in [0.2, 0.25) is 0 Å². The molecule has 2 aromatic rings. The van der Waals surface area contributed by atoms with Gasteiger partial charge in [-0.05, 0) is 28.7 Å². The molecule has 0 saturated carbocycles. The van der Waals surface area contributed by atoms with Gasteiger partial charge in [0.25, 0.3) is 0 Å². The highest BCUT2D eigenvalue weighted by atomic mass is 32.2. The molecule has 1 N–H and O–H groups in total. The predicted octanol–water partition coefficient (Wildman–Crippen LogP) is 4.47. The lowest BCUT2D eigenvalue weighted by Gasteiger charge is -2.40. The Hall–Kier alpha value is -2.08. The number of aromatic nitrogens is 3. The van der Waals surface area contributed by atoms with Crippen LogP contribution in [0.4, 0.5) is 5.95 Å². The third-order valence-electron chi connectivity index (χ3n) is 5.31. The molecule has 1 aliphatic heterocycles. The first-order valence-electron chi connectivity index (χ1n) is 9.62. The van der Waals surface area contributed by atoms with E-state index in [0.717, 1.165) is 34.5 Å². The van der Waals surface area contributed by atoms with Crippen LogP contribution in [0.1, 0.15) is 51.3 Å². The van der Waals surface area contributed by atoms with Crippen LogP contribution in [-0.2, 0) is 11.2 Å². The monoisotopic (exact) mass is 382 g/mol. The summed E-state index contributed by atoms with van der Waals surface area (Å²) < 4.78 is 1.91. The first-order chi connectivity index (χ1) is 12.9. The number of nitrogens with zero attached hydrogens (tertiary/aromatic N) is 3. The van der Waals surface area contributed by atoms with Crippen molar-refractivity contribution in [2.45, 2.75) is 51.7 Å². The van der Waals surface area contributed by atoms with Crippen molar-refractivity contribution in [3.63, 3.8) is 0 Å². The Morgan fingerprint density at radius 1 is 1.26 bits per heavy atom. The summed E-state index contributed by atoms with van der Waals surface area (Å²) in [5.74, 6) is 1.67. The number of allylic oxidation sites excluding steroid dienone is 2. The van der Waals surface area contributed by atoms with Gasteiger partial charge in [-0.2, -0.15) is 4.98 Å². The average molecular weight is 383 g/mol. The lowest BCUT2D eigenvalue weighted by molar-refractivity contribution is -0.125. The van der Waals surface area contributed by atoms with Crippen molar-refractivity contribution in [1.82, 2.24) is 14.8 Å². The van der Waals surface area contributed by atoms with Gasteiger partial charge in [-0.3, -0.25) is 4.79 Å². The largest absolute Gasteiger partial charge is 0.328 e. The standard InChI is InChI=1S/C21H26N4OS/c1-5-13-7-9-14(10-8-13)18-17-15(11-21(3,4)12-16(17)26)22-19-23-20(27-6-2)24-25(18)19/h7-11,17-18H,5-6,12H2,1-4H3,(H,22,23,24)/t17-,18-/m1/s1. The van der Waals surface area contributed by atoms with E-state index in [-0.39, 0.29) is 23.2 Å². The van der Waals surface area contributed by atoms with E-state index < -0.39 is 0 Å². The van der Waals surface area contributed by atoms with Crippen LogP contribution in [0.15, 0.2) is 41.2 Å². The van der Waals surface area contributed by atoms with Gasteiger partial charge in [0.2, 0.25) is 11.1 Å². The van der Waals surface area contributed by atoms with Gasteiger partial charge in [0, 0.05) is 12.1 Å². The van der Waals surface area contributed by atoms with E-state index in [1.165, 1.54) is 5.56 Å².